The maximum atomic E-state index is 5.88. The van der Waals surface area contributed by atoms with Crippen LogP contribution in [-0.2, 0) is 11.3 Å². The lowest BCUT2D eigenvalue weighted by molar-refractivity contribution is -0.0504. The van der Waals surface area contributed by atoms with Crippen LogP contribution in [-0.4, -0.2) is 51.5 Å². The summed E-state index contributed by atoms with van der Waals surface area (Å²) in [5, 5.41) is 0. The van der Waals surface area contributed by atoms with Crippen molar-refractivity contribution in [1.29, 1.82) is 0 Å². The van der Waals surface area contributed by atoms with Crippen LogP contribution in [0.15, 0.2) is 42.5 Å². The first-order valence-corrected chi connectivity index (χ1v) is 8.91. The maximum Gasteiger partial charge on any atom is 0.122 e. The molecule has 1 fully saturated rings. The summed E-state index contributed by atoms with van der Waals surface area (Å²) in [7, 11) is 3.34. The predicted molar refractivity (Wildman–Crippen MR) is 101 cm³/mol. The predicted octanol–water partition coefficient (Wildman–Crippen LogP) is 3.29. The minimum Gasteiger partial charge on any atom is -0.497 e. The second-order valence-electron chi connectivity index (χ2n) is 6.57. The summed E-state index contributed by atoms with van der Waals surface area (Å²) in [6.45, 7) is 5.91. The highest BCUT2D eigenvalue weighted by atomic mass is 16.5. The second kappa shape index (κ2) is 8.92. The van der Waals surface area contributed by atoms with Gasteiger partial charge in [0, 0.05) is 25.7 Å². The molecule has 26 heavy (non-hydrogen) atoms. The lowest BCUT2D eigenvalue weighted by Crippen LogP contribution is -2.44. The number of morpholine rings is 1. The molecule has 2 aromatic carbocycles. The summed E-state index contributed by atoms with van der Waals surface area (Å²) >= 11 is 0. The Bertz CT molecular complexity index is 679. The van der Waals surface area contributed by atoms with E-state index in [4.69, 9.17) is 18.9 Å². The van der Waals surface area contributed by atoms with Gasteiger partial charge in [-0.3, -0.25) is 4.90 Å². The molecule has 1 saturated heterocycles. The first-order valence-electron chi connectivity index (χ1n) is 8.91. The Morgan fingerprint density at radius 3 is 2.35 bits per heavy atom. The molecule has 0 N–H and O–H groups in total. The van der Waals surface area contributed by atoms with Gasteiger partial charge in [-0.15, -0.1) is 0 Å². The first kappa shape index (κ1) is 18.5. The maximum absolute atomic E-state index is 5.88. The fourth-order valence-corrected chi connectivity index (χ4v) is 3.06. The van der Waals surface area contributed by atoms with Crippen LogP contribution in [0.2, 0.25) is 0 Å². The van der Waals surface area contributed by atoms with Crippen molar-refractivity contribution in [2.24, 2.45) is 0 Å². The third kappa shape index (κ3) is 5.13. The Morgan fingerprint density at radius 1 is 1.00 bits per heavy atom. The Morgan fingerprint density at radius 2 is 1.69 bits per heavy atom. The van der Waals surface area contributed by atoms with Crippen molar-refractivity contribution in [2.45, 2.75) is 19.6 Å². The van der Waals surface area contributed by atoms with E-state index in [1.165, 1.54) is 11.1 Å². The van der Waals surface area contributed by atoms with Crippen molar-refractivity contribution in [3.05, 3.63) is 53.6 Å². The normalized spacial score (nSPS) is 17.7. The minimum absolute atomic E-state index is 0.0672. The highest BCUT2D eigenvalue weighted by Gasteiger charge is 2.21. The van der Waals surface area contributed by atoms with E-state index in [1.54, 1.807) is 14.2 Å². The van der Waals surface area contributed by atoms with Crippen molar-refractivity contribution in [3.63, 3.8) is 0 Å². The van der Waals surface area contributed by atoms with Gasteiger partial charge in [-0.2, -0.15) is 0 Å². The van der Waals surface area contributed by atoms with E-state index in [2.05, 4.69) is 36.1 Å². The van der Waals surface area contributed by atoms with Crippen molar-refractivity contribution < 1.29 is 18.9 Å². The number of rotatable bonds is 7. The molecule has 2 aromatic rings. The molecule has 1 aliphatic rings. The molecule has 1 unspecified atom stereocenters. The largest absolute Gasteiger partial charge is 0.497 e. The zero-order valence-electron chi connectivity index (χ0n) is 15.7. The molecule has 0 spiro atoms. The van der Waals surface area contributed by atoms with Gasteiger partial charge in [-0.1, -0.05) is 17.7 Å². The molecule has 0 aromatic heterocycles. The minimum atomic E-state index is 0.0672. The number of aryl methyl sites for hydroxylation is 1. The fraction of sp³-hybridized carbons (Fsp3) is 0.429. The summed E-state index contributed by atoms with van der Waals surface area (Å²) in [5.41, 5.74) is 2.40. The first-order chi connectivity index (χ1) is 12.7. The molecule has 0 aliphatic carbocycles. The van der Waals surface area contributed by atoms with Gasteiger partial charge >= 0.3 is 0 Å². The van der Waals surface area contributed by atoms with Crippen LogP contribution in [0.25, 0.3) is 0 Å². The van der Waals surface area contributed by atoms with E-state index >= 15 is 0 Å². The Balaban J connectivity index is 1.55. The van der Waals surface area contributed by atoms with E-state index in [9.17, 15) is 0 Å². The molecule has 1 atom stereocenters. The van der Waals surface area contributed by atoms with Crippen molar-refractivity contribution in [2.75, 3.05) is 40.5 Å². The van der Waals surface area contributed by atoms with Gasteiger partial charge in [0.2, 0.25) is 0 Å². The summed E-state index contributed by atoms with van der Waals surface area (Å²) in [5.74, 6) is 2.51. The molecule has 0 radical (unpaired) electrons. The van der Waals surface area contributed by atoms with Crippen molar-refractivity contribution in [3.8, 4) is 17.2 Å². The Labute approximate surface area is 155 Å². The summed E-state index contributed by atoms with van der Waals surface area (Å²) in [6.07, 6.45) is 0.0672. The third-order valence-electron chi connectivity index (χ3n) is 4.50. The fourth-order valence-electron chi connectivity index (χ4n) is 3.06. The number of hydrogen-bond donors (Lipinski definition) is 0. The van der Waals surface area contributed by atoms with Crippen LogP contribution in [0.3, 0.4) is 0 Å². The standard InChI is InChI=1S/C21H27NO4/c1-16-4-6-18(7-5-16)26-15-21-14-22(8-9-25-21)13-17-10-19(23-2)12-20(11-17)24-3/h4-7,10-12,21H,8-9,13-15H2,1-3H3. The van der Waals surface area contributed by atoms with Gasteiger partial charge in [0.25, 0.3) is 0 Å². The van der Waals surface area contributed by atoms with Gasteiger partial charge in [-0.05, 0) is 36.8 Å². The topological polar surface area (TPSA) is 40.2 Å². The molecule has 140 valence electrons. The number of hydrogen-bond acceptors (Lipinski definition) is 5. The molecule has 0 bridgehead atoms. The highest BCUT2D eigenvalue weighted by Crippen LogP contribution is 2.24. The van der Waals surface area contributed by atoms with E-state index in [0.29, 0.717) is 13.2 Å². The number of ether oxygens (including phenoxy) is 4. The van der Waals surface area contributed by atoms with E-state index in [0.717, 1.165) is 36.9 Å². The molecule has 3 rings (SSSR count). The van der Waals surface area contributed by atoms with Gasteiger partial charge in [0.05, 0.1) is 20.8 Å². The second-order valence-corrected chi connectivity index (χ2v) is 6.57. The summed E-state index contributed by atoms with van der Waals surface area (Å²) in [4.78, 5) is 2.38. The molecule has 5 heteroatoms. The lowest BCUT2D eigenvalue weighted by Gasteiger charge is -2.33. The van der Waals surface area contributed by atoms with Crippen LogP contribution in [0.1, 0.15) is 11.1 Å². The number of nitrogens with zero attached hydrogens (tertiary/aromatic N) is 1. The molecule has 1 heterocycles. The summed E-state index contributed by atoms with van der Waals surface area (Å²) in [6, 6.07) is 14.1. The average molecular weight is 357 g/mol. The van der Waals surface area contributed by atoms with Gasteiger partial charge < -0.3 is 18.9 Å². The van der Waals surface area contributed by atoms with E-state index in [-0.39, 0.29) is 6.10 Å². The third-order valence-corrected chi connectivity index (χ3v) is 4.50. The van der Waals surface area contributed by atoms with E-state index in [1.807, 2.05) is 18.2 Å². The lowest BCUT2D eigenvalue weighted by atomic mass is 10.1. The quantitative estimate of drug-likeness (QED) is 0.760. The molecular formula is C21H27NO4. The molecule has 1 aliphatic heterocycles. The molecular weight excluding hydrogens is 330 g/mol. The van der Waals surface area contributed by atoms with Crippen LogP contribution >= 0.6 is 0 Å². The Hall–Kier alpha value is -2.24. The van der Waals surface area contributed by atoms with Crippen LogP contribution in [0.5, 0.6) is 17.2 Å². The van der Waals surface area contributed by atoms with Crippen LogP contribution in [0, 0.1) is 6.92 Å². The van der Waals surface area contributed by atoms with Gasteiger partial charge in [-0.25, -0.2) is 0 Å². The van der Waals surface area contributed by atoms with Crippen molar-refractivity contribution >= 4 is 0 Å². The zero-order valence-corrected chi connectivity index (χ0v) is 15.7. The van der Waals surface area contributed by atoms with E-state index < -0.39 is 0 Å². The highest BCUT2D eigenvalue weighted by molar-refractivity contribution is 5.38. The Kier molecular flexibility index (Phi) is 6.36. The monoisotopic (exact) mass is 357 g/mol. The molecule has 5 nitrogen and oxygen atoms in total. The molecule has 0 amide bonds. The summed E-state index contributed by atoms with van der Waals surface area (Å²) < 4.78 is 22.5. The SMILES string of the molecule is COc1cc(CN2CCOC(COc3ccc(C)cc3)C2)cc(OC)c1. The van der Waals surface area contributed by atoms with Crippen molar-refractivity contribution in [1.82, 2.24) is 4.90 Å². The van der Waals surface area contributed by atoms with Crippen LogP contribution < -0.4 is 14.2 Å². The van der Waals surface area contributed by atoms with Crippen LogP contribution in [0.4, 0.5) is 0 Å². The average Bonchev–Trinajstić information content (AvgIpc) is 2.67. The number of benzene rings is 2. The zero-order chi connectivity index (χ0) is 18.4. The smallest absolute Gasteiger partial charge is 0.122 e. The van der Waals surface area contributed by atoms with Gasteiger partial charge in [0.1, 0.15) is 30.0 Å². The molecule has 0 saturated carbocycles. The number of methoxy groups -OCH3 is 2. The van der Waals surface area contributed by atoms with Gasteiger partial charge in [0.15, 0.2) is 0 Å².